The monoisotopic (exact) mass is 434 g/mol. The predicted octanol–water partition coefficient (Wildman–Crippen LogP) is 2.95. The van der Waals surface area contributed by atoms with Crippen molar-refractivity contribution in [2.75, 3.05) is 11.9 Å². The smallest absolute Gasteiger partial charge is 0.251 e. The van der Waals surface area contributed by atoms with Gasteiger partial charge in [0.05, 0.1) is 17.2 Å². The molecule has 1 fully saturated rings. The first-order valence-electron chi connectivity index (χ1n) is 10.5. The summed E-state index contributed by atoms with van der Waals surface area (Å²) in [6.45, 7) is 3.76. The number of carbonyl (C=O) groups excluding carboxylic acids is 2. The minimum absolute atomic E-state index is 0.196. The standard InChI is InChI=1S/C23H23FN6O2/c1-23(2)14-10-15(24)13(20(25)31)9-18(14)29(3)22(32)19(23)16-5-4-6-17(27-16)21-28-26-11-30(21)12-7-8-12/h4-6,9-12,19H,7-8H2,1-3H3,(H2,25,31). The Morgan fingerprint density at radius 1 is 1.25 bits per heavy atom. The molecule has 2 N–H and O–H groups in total. The highest BCUT2D eigenvalue weighted by molar-refractivity contribution is 6.04. The molecule has 5 rings (SSSR count). The van der Waals surface area contributed by atoms with Crippen molar-refractivity contribution in [3.05, 3.63) is 59.3 Å². The number of likely N-dealkylation sites (N-methyl/N-ethyl adjacent to an activating group) is 1. The summed E-state index contributed by atoms with van der Waals surface area (Å²) in [5.74, 6) is -1.76. The molecule has 2 amide bonds. The maximum Gasteiger partial charge on any atom is 0.251 e. The van der Waals surface area contributed by atoms with Crippen LogP contribution in [0.1, 0.15) is 60.3 Å². The van der Waals surface area contributed by atoms with Gasteiger partial charge >= 0.3 is 0 Å². The largest absolute Gasteiger partial charge is 0.366 e. The van der Waals surface area contributed by atoms with Crippen molar-refractivity contribution in [3.8, 4) is 11.5 Å². The van der Waals surface area contributed by atoms with Gasteiger partial charge in [-0.2, -0.15) is 0 Å². The number of pyridine rings is 1. The second-order valence-electron chi connectivity index (χ2n) is 9.01. The highest BCUT2D eigenvalue weighted by atomic mass is 19.1. The normalized spacial score (nSPS) is 19.7. The van der Waals surface area contributed by atoms with Crippen LogP contribution >= 0.6 is 0 Å². The van der Waals surface area contributed by atoms with Gasteiger partial charge in [0.15, 0.2) is 5.82 Å². The number of anilines is 1. The number of nitrogens with zero attached hydrogens (tertiary/aromatic N) is 5. The Labute approximate surface area is 184 Å². The SMILES string of the molecule is CN1C(=O)C(c2cccc(-c3nncn3C3CC3)n2)C(C)(C)c2cc(F)c(C(N)=O)cc21. The molecule has 0 saturated heterocycles. The van der Waals surface area contributed by atoms with Gasteiger partial charge in [-0.3, -0.25) is 9.59 Å². The third kappa shape index (κ3) is 2.99. The first-order valence-corrected chi connectivity index (χ1v) is 10.5. The van der Waals surface area contributed by atoms with Crippen LogP contribution in [0.3, 0.4) is 0 Å². The fourth-order valence-corrected chi connectivity index (χ4v) is 4.60. The molecule has 8 nitrogen and oxygen atoms in total. The lowest BCUT2D eigenvalue weighted by molar-refractivity contribution is -0.121. The highest BCUT2D eigenvalue weighted by Crippen LogP contribution is 2.48. The lowest BCUT2D eigenvalue weighted by Crippen LogP contribution is -2.47. The van der Waals surface area contributed by atoms with Crippen molar-refractivity contribution >= 4 is 17.5 Å². The minimum Gasteiger partial charge on any atom is -0.366 e. The fourth-order valence-electron chi connectivity index (χ4n) is 4.60. The van der Waals surface area contributed by atoms with Crippen LogP contribution in [0.4, 0.5) is 10.1 Å². The van der Waals surface area contributed by atoms with E-state index in [0.29, 0.717) is 34.5 Å². The van der Waals surface area contributed by atoms with Crippen LogP contribution < -0.4 is 10.6 Å². The lowest BCUT2D eigenvalue weighted by Gasteiger charge is -2.43. The molecule has 1 aliphatic heterocycles. The topological polar surface area (TPSA) is 107 Å². The van der Waals surface area contributed by atoms with E-state index in [1.807, 2.05) is 30.5 Å². The molecule has 164 valence electrons. The van der Waals surface area contributed by atoms with Gasteiger partial charge in [0.25, 0.3) is 5.91 Å². The quantitative estimate of drug-likeness (QED) is 0.679. The van der Waals surface area contributed by atoms with Crippen molar-refractivity contribution in [2.24, 2.45) is 5.73 Å². The Kier molecular flexibility index (Phi) is 4.40. The number of carbonyl (C=O) groups is 2. The Balaban J connectivity index is 1.62. The number of benzene rings is 1. The van der Waals surface area contributed by atoms with Crippen LogP contribution in [0.25, 0.3) is 11.5 Å². The summed E-state index contributed by atoms with van der Waals surface area (Å²) >= 11 is 0. The Morgan fingerprint density at radius 3 is 2.69 bits per heavy atom. The second-order valence-corrected chi connectivity index (χ2v) is 9.01. The van der Waals surface area contributed by atoms with Crippen molar-refractivity contribution < 1.29 is 14.0 Å². The Morgan fingerprint density at radius 2 is 2.00 bits per heavy atom. The Bertz CT molecular complexity index is 1260. The molecule has 3 heterocycles. The molecule has 2 aromatic heterocycles. The van der Waals surface area contributed by atoms with Crippen molar-refractivity contribution in [3.63, 3.8) is 0 Å². The van der Waals surface area contributed by atoms with Crippen LogP contribution in [0.2, 0.25) is 0 Å². The molecule has 1 aliphatic carbocycles. The summed E-state index contributed by atoms with van der Waals surface area (Å²) < 4.78 is 16.7. The number of amides is 2. The van der Waals surface area contributed by atoms with Gasteiger partial charge in [0.2, 0.25) is 5.91 Å². The van der Waals surface area contributed by atoms with Gasteiger partial charge in [-0.1, -0.05) is 19.9 Å². The molecule has 9 heteroatoms. The average Bonchev–Trinajstić information content (AvgIpc) is 3.48. The third-order valence-corrected chi connectivity index (χ3v) is 6.51. The molecule has 0 radical (unpaired) electrons. The van der Waals surface area contributed by atoms with Gasteiger partial charge in [0, 0.05) is 24.2 Å². The summed E-state index contributed by atoms with van der Waals surface area (Å²) in [6.07, 6.45) is 3.87. The van der Waals surface area contributed by atoms with Crippen LogP contribution in [0.5, 0.6) is 0 Å². The molecule has 2 aliphatic rings. The molecule has 0 spiro atoms. The molecule has 3 aromatic rings. The van der Waals surface area contributed by atoms with Crippen LogP contribution in [-0.4, -0.2) is 38.6 Å². The molecule has 32 heavy (non-hydrogen) atoms. The maximum atomic E-state index is 14.7. The molecule has 1 unspecified atom stereocenters. The first-order chi connectivity index (χ1) is 15.2. The molecular formula is C23H23FN6O2. The van der Waals surface area contributed by atoms with Gasteiger partial charge in [-0.25, -0.2) is 9.37 Å². The Hall–Kier alpha value is -3.62. The summed E-state index contributed by atoms with van der Waals surface area (Å²) in [7, 11) is 1.61. The molecule has 0 bridgehead atoms. The number of rotatable bonds is 4. The summed E-state index contributed by atoms with van der Waals surface area (Å²) in [6, 6.07) is 8.55. The van der Waals surface area contributed by atoms with E-state index in [1.54, 1.807) is 19.4 Å². The number of halogens is 1. The zero-order chi connectivity index (χ0) is 22.8. The second kappa shape index (κ2) is 6.94. The van der Waals surface area contributed by atoms with Gasteiger partial charge in [0.1, 0.15) is 17.8 Å². The lowest BCUT2D eigenvalue weighted by atomic mass is 9.68. The summed E-state index contributed by atoms with van der Waals surface area (Å²) in [4.78, 5) is 31.4. The van der Waals surface area contributed by atoms with Gasteiger partial charge in [-0.05, 0) is 42.7 Å². The van der Waals surface area contributed by atoms with E-state index in [0.717, 1.165) is 12.8 Å². The predicted molar refractivity (Wildman–Crippen MR) is 116 cm³/mol. The first kappa shape index (κ1) is 20.3. The summed E-state index contributed by atoms with van der Waals surface area (Å²) in [5, 5.41) is 8.28. The number of hydrogen-bond acceptors (Lipinski definition) is 5. The van der Waals surface area contributed by atoms with E-state index in [1.165, 1.54) is 17.0 Å². The van der Waals surface area contributed by atoms with E-state index < -0.39 is 23.1 Å². The number of hydrogen-bond donors (Lipinski definition) is 1. The molecule has 1 aromatic carbocycles. The van der Waals surface area contributed by atoms with Crippen molar-refractivity contribution in [2.45, 2.75) is 44.1 Å². The van der Waals surface area contributed by atoms with Crippen LogP contribution in [0, 0.1) is 5.82 Å². The molecular weight excluding hydrogens is 411 g/mol. The zero-order valence-electron chi connectivity index (χ0n) is 18.0. The third-order valence-electron chi connectivity index (χ3n) is 6.51. The van der Waals surface area contributed by atoms with Crippen molar-refractivity contribution in [1.82, 2.24) is 19.7 Å². The van der Waals surface area contributed by atoms with E-state index >= 15 is 0 Å². The number of nitrogens with two attached hydrogens (primary N) is 1. The molecule has 1 saturated carbocycles. The maximum absolute atomic E-state index is 14.7. The van der Waals surface area contributed by atoms with Crippen LogP contribution in [0.15, 0.2) is 36.7 Å². The van der Waals surface area contributed by atoms with Crippen molar-refractivity contribution in [1.29, 1.82) is 0 Å². The van der Waals surface area contributed by atoms with E-state index in [9.17, 15) is 14.0 Å². The highest BCUT2D eigenvalue weighted by Gasteiger charge is 2.47. The van der Waals surface area contributed by atoms with Gasteiger partial charge < -0.3 is 15.2 Å². The van der Waals surface area contributed by atoms with E-state index in [4.69, 9.17) is 10.7 Å². The van der Waals surface area contributed by atoms with E-state index in [-0.39, 0.29) is 11.5 Å². The number of fused-ring (bicyclic) bond motifs is 1. The minimum atomic E-state index is -0.875. The zero-order valence-corrected chi connectivity index (χ0v) is 18.0. The fraction of sp³-hybridized carbons (Fsp3) is 0.348. The van der Waals surface area contributed by atoms with Gasteiger partial charge in [-0.15, -0.1) is 10.2 Å². The molecule has 1 atom stereocenters. The number of primary amides is 1. The van der Waals surface area contributed by atoms with Crippen LogP contribution in [-0.2, 0) is 10.2 Å². The average molecular weight is 434 g/mol. The number of aromatic nitrogens is 4. The van der Waals surface area contributed by atoms with E-state index in [2.05, 4.69) is 10.2 Å². The summed E-state index contributed by atoms with van der Waals surface area (Å²) in [5.41, 5.74) is 6.57.